The van der Waals surface area contributed by atoms with Gasteiger partial charge in [0.2, 0.25) is 0 Å². The largest absolute Gasteiger partial charge is 0.391 e. The highest BCUT2D eigenvalue weighted by Gasteiger charge is 2.35. The molecule has 7 heteroatoms. The molecule has 0 aromatic carbocycles. The van der Waals surface area contributed by atoms with E-state index in [1.165, 1.54) is 0 Å². The van der Waals surface area contributed by atoms with Gasteiger partial charge in [-0.1, -0.05) is 6.92 Å². The maximum Gasteiger partial charge on any atom is 0.158 e. The fourth-order valence-corrected chi connectivity index (χ4v) is 2.56. The van der Waals surface area contributed by atoms with Crippen LogP contribution in [-0.2, 0) is 14.3 Å². The minimum atomic E-state index is -0.583. The van der Waals surface area contributed by atoms with E-state index in [9.17, 15) is 9.90 Å². The minimum absolute atomic E-state index is 0.00394. The lowest BCUT2D eigenvalue weighted by molar-refractivity contribution is -0.210. The van der Waals surface area contributed by atoms with Crippen LogP contribution in [0.1, 0.15) is 32.6 Å². The van der Waals surface area contributed by atoms with Crippen molar-refractivity contribution < 1.29 is 19.4 Å². The maximum atomic E-state index is 10.8. The van der Waals surface area contributed by atoms with Crippen LogP contribution in [0.4, 0.5) is 0 Å². The first kappa shape index (κ1) is 18.5. The Morgan fingerprint density at radius 1 is 1.29 bits per heavy atom. The molecule has 2 rings (SSSR count). The van der Waals surface area contributed by atoms with E-state index in [0.717, 1.165) is 19.3 Å². The van der Waals surface area contributed by atoms with Gasteiger partial charge in [-0.2, -0.15) is 0 Å². The zero-order chi connectivity index (χ0) is 15.8. The lowest BCUT2D eigenvalue weighted by Crippen LogP contribution is -2.54. The Morgan fingerprint density at radius 2 is 1.95 bits per heavy atom. The molecular formula is C14H29N3O4. The first-order valence-corrected chi connectivity index (χ1v) is 7.63. The number of aliphatic hydroxyl groups excluding tert-OH is 1. The van der Waals surface area contributed by atoms with Gasteiger partial charge >= 0.3 is 0 Å². The van der Waals surface area contributed by atoms with Gasteiger partial charge in [-0.25, -0.2) is 0 Å². The van der Waals surface area contributed by atoms with E-state index in [0.29, 0.717) is 25.9 Å². The summed E-state index contributed by atoms with van der Waals surface area (Å²) in [5.41, 5.74) is 16.6. The Bertz CT molecular complexity index is 306. The molecule has 0 aromatic rings. The molecule has 2 aliphatic rings. The molecule has 2 fully saturated rings. The topological polar surface area (TPSA) is 134 Å². The second-order valence-corrected chi connectivity index (χ2v) is 5.67. The Labute approximate surface area is 126 Å². The molecule has 21 heavy (non-hydrogen) atoms. The summed E-state index contributed by atoms with van der Waals surface area (Å²) < 4.78 is 11.2. The average molecular weight is 303 g/mol. The smallest absolute Gasteiger partial charge is 0.158 e. The second-order valence-electron chi connectivity index (χ2n) is 5.67. The predicted molar refractivity (Wildman–Crippen MR) is 79.3 cm³/mol. The van der Waals surface area contributed by atoms with Crippen molar-refractivity contribution in [3.05, 3.63) is 0 Å². The van der Waals surface area contributed by atoms with Crippen LogP contribution in [0, 0.1) is 5.92 Å². The van der Waals surface area contributed by atoms with Crippen molar-refractivity contribution in [2.75, 3.05) is 13.2 Å². The normalized spacial score (nSPS) is 40.0. The van der Waals surface area contributed by atoms with Gasteiger partial charge in [0, 0.05) is 30.8 Å². The molecule has 0 amide bonds. The number of carbonyl (C=O) groups excluding carboxylic acids is 1. The molecular weight excluding hydrogens is 274 g/mol. The van der Waals surface area contributed by atoms with Crippen molar-refractivity contribution in [1.82, 2.24) is 0 Å². The molecule has 6 atom stereocenters. The van der Waals surface area contributed by atoms with Crippen molar-refractivity contribution >= 4 is 6.29 Å². The van der Waals surface area contributed by atoms with E-state index < -0.39 is 12.4 Å². The number of aldehydes is 1. The Morgan fingerprint density at radius 3 is 2.57 bits per heavy atom. The maximum absolute atomic E-state index is 10.8. The highest BCUT2D eigenvalue weighted by atomic mass is 16.7. The first-order chi connectivity index (χ1) is 10.0. The number of rotatable bonds is 3. The molecule has 7 N–H and O–H groups in total. The van der Waals surface area contributed by atoms with Gasteiger partial charge < -0.3 is 36.6 Å². The average Bonchev–Trinajstić information content (AvgIpc) is 2.46. The molecule has 0 spiro atoms. The van der Waals surface area contributed by atoms with Crippen molar-refractivity contribution in [3.63, 3.8) is 0 Å². The van der Waals surface area contributed by atoms with Crippen LogP contribution in [0.25, 0.3) is 0 Å². The first-order valence-electron chi connectivity index (χ1n) is 7.63. The van der Waals surface area contributed by atoms with Crippen LogP contribution in [0.2, 0.25) is 0 Å². The van der Waals surface area contributed by atoms with Crippen LogP contribution in [0.3, 0.4) is 0 Å². The molecule has 1 saturated heterocycles. The molecule has 124 valence electrons. The SMILES string of the molecule is CCN.N[C@@H]1C[C@@H](N)[C@H](O[C@@H]2C[C@@H](C=O)CCO2)C[C@H]1O. The van der Waals surface area contributed by atoms with Crippen molar-refractivity contribution in [2.24, 2.45) is 23.1 Å². The molecule has 1 saturated carbocycles. The number of hydrogen-bond acceptors (Lipinski definition) is 7. The zero-order valence-electron chi connectivity index (χ0n) is 12.7. The highest BCUT2D eigenvalue weighted by Crippen LogP contribution is 2.25. The Hall–Kier alpha value is -0.570. The van der Waals surface area contributed by atoms with Gasteiger partial charge in [-0.05, 0) is 19.4 Å². The van der Waals surface area contributed by atoms with Crippen molar-refractivity contribution in [2.45, 2.75) is 63.2 Å². The third-order valence-corrected chi connectivity index (χ3v) is 3.80. The van der Waals surface area contributed by atoms with E-state index in [4.69, 9.17) is 26.7 Å². The lowest BCUT2D eigenvalue weighted by atomic mass is 9.87. The lowest BCUT2D eigenvalue weighted by Gasteiger charge is -2.38. The van der Waals surface area contributed by atoms with E-state index in [1.54, 1.807) is 0 Å². The standard InChI is InChI=1S/C12H22N2O4.C2H7N/c13-8-4-9(14)11(5-10(8)16)18-12-3-7(6-15)1-2-17-12;1-2-3/h6-12,16H,1-5,13-14H2;2-3H2,1H3/t7-,8+,9+,10+,11+,12+;/m0./s1. The summed E-state index contributed by atoms with van der Waals surface area (Å²) in [7, 11) is 0. The molecule has 7 nitrogen and oxygen atoms in total. The predicted octanol–water partition coefficient (Wildman–Crippen LogP) is -0.902. The highest BCUT2D eigenvalue weighted by molar-refractivity contribution is 5.53. The van der Waals surface area contributed by atoms with E-state index in [-0.39, 0.29) is 24.1 Å². The van der Waals surface area contributed by atoms with Crippen LogP contribution in [0.5, 0.6) is 0 Å². The quantitative estimate of drug-likeness (QED) is 0.496. The summed E-state index contributed by atoms with van der Waals surface area (Å²) in [5.74, 6) is -0.00394. The fourth-order valence-electron chi connectivity index (χ4n) is 2.56. The summed E-state index contributed by atoms with van der Waals surface area (Å²) in [6.45, 7) is 3.18. The summed E-state index contributed by atoms with van der Waals surface area (Å²) in [6.07, 6.45) is 1.98. The van der Waals surface area contributed by atoms with Crippen LogP contribution in [0.15, 0.2) is 0 Å². The van der Waals surface area contributed by atoms with Crippen LogP contribution in [-0.4, -0.2) is 55.1 Å². The third-order valence-electron chi connectivity index (χ3n) is 3.80. The third kappa shape index (κ3) is 5.98. The molecule has 1 aliphatic heterocycles. The molecule has 0 radical (unpaired) electrons. The zero-order valence-corrected chi connectivity index (χ0v) is 12.7. The minimum Gasteiger partial charge on any atom is -0.391 e. The molecule has 0 aromatic heterocycles. The van der Waals surface area contributed by atoms with E-state index >= 15 is 0 Å². The van der Waals surface area contributed by atoms with Crippen LogP contribution >= 0.6 is 0 Å². The number of ether oxygens (including phenoxy) is 2. The number of carbonyl (C=O) groups is 1. The monoisotopic (exact) mass is 303 g/mol. The molecule has 0 unspecified atom stereocenters. The summed E-state index contributed by atoms with van der Waals surface area (Å²) in [4.78, 5) is 10.8. The van der Waals surface area contributed by atoms with Gasteiger partial charge in [-0.15, -0.1) is 0 Å². The van der Waals surface area contributed by atoms with Gasteiger partial charge in [0.05, 0.1) is 18.8 Å². The fraction of sp³-hybridized carbons (Fsp3) is 0.929. The summed E-state index contributed by atoms with van der Waals surface area (Å²) >= 11 is 0. The van der Waals surface area contributed by atoms with Gasteiger partial charge in [0.1, 0.15) is 6.29 Å². The molecule has 1 aliphatic carbocycles. The second kappa shape index (κ2) is 9.45. The molecule has 1 heterocycles. The number of nitrogens with two attached hydrogens (primary N) is 3. The number of aliphatic hydroxyl groups is 1. The number of hydrogen-bond donors (Lipinski definition) is 4. The Kier molecular flexibility index (Phi) is 8.31. The van der Waals surface area contributed by atoms with Gasteiger partial charge in [0.25, 0.3) is 0 Å². The van der Waals surface area contributed by atoms with Gasteiger partial charge in [0.15, 0.2) is 6.29 Å². The van der Waals surface area contributed by atoms with Crippen molar-refractivity contribution in [3.8, 4) is 0 Å². The van der Waals surface area contributed by atoms with E-state index in [2.05, 4.69) is 0 Å². The summed E-state index contributed by atoms with van der Waals surface area (Å²) in [6, 6.07) is -0.474. The van der Waals surface area contributed by atoms with Crippen LogP contribution < -0.4 is 17.2 Å². The molecule has 0 bridgehead atoms. The van der Waals surface area contributed by atoms with Gasteiger partial charge in [-0.3, -0.25) is 0 Å². The van der Waals surface area contributed by atoms with E-state index in [1.807, 2.05) is 6.92 Å². The van der Waals surface area contributed by atoms with Crippen molar-refractivity contribution in [1.29, 1.82) is 0 Å². The summed E-state index contributed by atoms with van der Waals surface area (Å²) in [5, 5.41) is 9.74. The Balaban J connectivity index is 0.000000677.